The fourth-order valence-electron chi connectivity index (χ4n) is 1.67. The molecule has 1 aromatic heterocycles. The zero-order valence-electron chi connectivity index (χ0n) is 9.37. The highest BCUT2D eigenvalue weighted by atomic mass is 79.9. The molecule has 1 aromatic carbocycles. The molecule has 0 aliphatic carbocycles. The minimum Gasteiger partial charge on any atom is -0.316 e. The van der Waals surface area contributed by atoms with Gasteiger partial charge in [-0.2, -0.15) is 5.10 Å². The SMILES string of the molecule is CNCc1cnn(-c2ccccc2Br)c1C. The molecule has 0 radical (unpaired) electrons. The third kappa shape index (κ3) is 2.03. The first kappa shape index (κ1) is 11.4. The minimum absolute atomic E-state index is 0.844. The van der Waals surface area contributed by atoms with Crippen molar-refractivity contribution >= 4 is 15.9 Å². The number of hydrogen-bond acceptors (Lipinski definition) is 2. The summed E-state index contributed by atoms with van der Waals surface area (Å²) in [6.45, 7) is 2.93. The van der Waals surface area contributed by atoms with Gasteiger partial charge in [-0.05, 0) is 42.0 Å². The maximum absolute atomic E-state index is 4.41. The summed E-state index contributed by atoms with van der Waals surface area (Å²) >= 11 is 3.54. The smallest absolute Gasteiger partial charge is 0.0790 e. The summed E-state index contributed by atoms with van der Waals surface area (Å²) in [6.07, 6.45) is 1.91. The molecule has 0 atom stereocenters. The van der Waals surface area contributed by atoms with Crippen LogP contribution in [0, 0.1) is 6.92 Å². The number of para-hydroxylation sites is 1. The quantitative estimate of drug-likeness (QED) is 0.936. The van der Waals surface area contributed by atoms with E-state index >= 15 is 0 Å². The summed E-state index contributed by atoms with van der Waals surface area (Å²) in [4.78, 5) is 0. The van der Waals surface area contributed by atoms with Gasteiger partial charge in [-0.25, -0.2) is 4.68 Å². The number of hydrogen-bond donors (Lipinski definition) is 1. The number of nitrogens with zero attached hydrogens (tertiary/aromatic N) is 2. The van der Waals surface area contributed by atoms with E-state index in [9.17, 15) is 0 Å². The summed E-state index contributed by atoms with van der Waals surface area (Å²) in [5, 5.41) is 7.55. The fourth-order valence-corrected chi connectivity index (χ4v) is 2.13. The van der Waals surface area contributed by atoms with Gasteiger partial charge in [0.25, 0.3) is 0 Å². The molecule has 3 nitrogen and oxygen atoms in total. The number of benzene rings is 1. The first-order valence-electron chi connectivity index (χ1n) is 5.17. The molecule has 4 heteroatoms. The van der Waals surface area contributed by atoms with E-state index in [1.54, 1.807) is 0 Å². The van der Waals surface area contributed by atoms with E-state index < -0.39 is 0 Å². The van der Waals surface area contributed by atoms with Gasteiger partial charge in [0.2, 0.25) is 0 Å². The normalized spacial score (nSPS) is 10.7. The first-order valence-corrected chi connectivity index (χ1v) is 5.96. The highest BCUT2D eigenvalue weighted by Gasteiger charge is 2.09. The Morgan fingerprint density at radius 3 is 2.81 bits per heavy atom. The van der Waals surface area contributed by atoms with Crippen molar-refractivity contribution in [2.45, 2.75) is 13.5 Å². The Balaban J connectivity index is 2.45. The molecule has 0 aliphatic heterocycles. The summed E-state index contributed by atoms with van der Waals surface area (Å²) in [5.41, 5.74) is 3.46. The Morgan fingerprint density at radius 1 is 1.38 bits per heavy atom. The maximum Gasteiger partial charge on any atom is 0.0790 e. The molecule has 0 amide bonds. The van der Waals surface area contributed by atoms with Crippen LogP contribution in [0.2, 0.25) is 0 Å². The van der Waals surface area contributed by atoms with Gasteiger partial charge in [-0.3, -0.25) is 0 Å². The van der Waals surface area contributed by atoms with Crippen LogP contribution in [-0.2, 0) is 6.54 Å². The van der Waals surface area contributed by atoms with E-state index in [4.69, 9.17) is 0 Å². The molecule has 1 heterocycles. The molecule has 0 saturated heterocycles. The molecular formula is C12H14BrN3. The highest BCUT2D eigenvalue weighted by Crippen LogP contribution is 2.22. The van der Waals surface area contributed by atoms with Crippen LogP contribution in [0.15, 0.2) is 34.9 Å². The Bertz CT molecular complexity index is 491. The van der Waals surface area contributed by atoms with Gasteiger partial charge in [0.05, 0.1) is 11.9 Å². The highest BCUT2D eigenvalue weighted by molar-refractivity contribution is 9.10. The van der Waals surface area contributed by atoms with Crippen molar-refractivity contribution in [2.75, 3.05) is 7.05 Å². The monoisotopic (exact) mass is 279 g/mol. The van der Waals surface area contributed by atoms with Crippen LogP contribution in [0.25, 0.3) is 5.69 Å². The Kier molecular flexibility index (Phi) is 3.41. The molecule has 0 unspecified atom stereocenters. The molecule has 1 N–H and O–H groups in total. The fraction of sp³-hybridized carbons (Fsp3) is 0.250. The van der Waals surface area contributed by atoms with Crippen molar-refractivity contribution in [1.82, 2.24) is 15.1 Å². The summed E-state index contributed by atoms with van der Waals surface area (Å²) < 4.78 is 3.01. The number of halogens is 1. The van der Waals surface area contributed by atoms with Gasteiger partial charge >= 0.3 is 0 Å². The largest absolute Gasteiger partial charge is 0.316 e. The van der Waals surface area contributed by atoms with Crippen molar-refractivity contribution in [3.63, 3.8) is 0 Å². The molecule has 2 aromatic rings. The zero-order chi connectivity index (χ0) is 11.5. The Labute approximate surface area is 104 Å². The lowest BCUT2D eigenvalue weighted by atomic mass is 10.2. The second-order valence-electron chi connectivity index (χ2n) is 3.65. The molecule has 0 bridgehead atoms. The van der Waals surface area contributed by atoms with E-state index in [0.29, 0.717) is 0 Å². The van der Waals surface area contributed by atoms with E-state index in [1.165, 1.54) is 11.3 Å². The lowest BCUT2D eigenvalue weighted by molar-refractivity contribution is 0.801. The number of aromatic nitrogens is 2. The predicted molar refractivity (Wildman–Crippen MR) is 68.8 cm³/mol. The third-order valence-corrected chi connectivity index (χ3v) is 3.23. The van der Waals surface area contributed by atoms with Gasteiger partial charge in [-0.1, -0.05) is 12.1 Å². The van der Waals surface area contributed by atoms with Crippen LogP contribution < -0.4 is 5.32 Å². The molecule has 84 valence electrons. The molecular weight excluding hydrogens is 266 g/mol. The van der Waals surface area contributed by atoms with Crippen molar-refractivity contribution in [3.05, 3.63) is 46.2 Å². The van der Waals surface area contributed by atoms with E-state index in [-0.39, 0.29) is 0 Å². The lowest BCUT2D eigenvalue weighted by Gasteiger charge is -2.07. The molecule has 2 rings (SSSR count). The topological polar surface area (TPSA) is 29.9 Å². The second-order valence-corrected chi connectivity index (χ2v) is 4.50. The Morgan fingerprint density at radius 2 is 2.12 bits per heavy atom. The summed E-state index contributed by atoms with van der Waals surface area (Å²) in [7, 11) is 1.94. The van der Waals surface area contributed by atoms with Crippen LogP contribution >= 0.6 is 15.9 Å². The van der Waals surface area contributed by atoms with Crippen molar-refractivity contribution < 1.29 is 0 Å². The van der Waals surface area contributed by atoms with Gasteiger partial charge in [0.15, 0.2) is 0 Å². The molecule has 0 aliphatic rings. The summed E-state index contributed by atoms with van der Waals surface area (Å²) in [5.74, 6) is 0. The Hall–Kier alpha value is -1.13. The van der Waals surface area contributed by atoms with Crippen LogP contribution in [0.3, 0.4) is 0 Å². The maximum atomic E-state index is 4.41. The van der Waals surface area contributed by atoms with Crippen LogP contribution in [-0.4, -0.2) is 16.8 Å². The molecule has 0 saturated carbocycles. The molecule has 16 heavy (non-hydrogen) atoms. The average molecular weight is 280 g/mol. The van der Waals surface area contributed by atoms with Gasteiger partial charge in [0, 0.05) is 22.3 Å². The zero-order valence-corrected chi connectivity index (χ0v) is 11.0. The first-order chi connectivity index (χ1) is 7.74. The minimum atomic E-state index is 0.844. The van der Waals surface area contributed by atoms with Crippen molar-refractivity contribution in [3.8, 4) is 5.69 Å². The lowest BCUT2D eigenvalue weighted by Crippen LogP contribution is -2.06. The van der Waals surface area contributed by atoms with Crippen LogP contribution in [0.5, 0.6) is 0 Å². The van der Waals surface area contributed by atoms with Crippen LogP contribution in [0.4, 0.5) is 0 Å². The third-order valence-electron chi connectivity index (χ3n) is 2.56. The van der Waals surface area contributed by atoms with Gasteiger partial charge in [0.1, 0.15) is 0 Å². The van der Waals surface area contributed by atoms with Crippen molar-refractivity contribution in [2.24, 2.45) is 0 Å². The molecule has 0 spiro atoms. The van der Waals surface area contributed by atoms with E-state index in [0.717, 1.165) is 16.7 Å². The molecule has 0 fully saturated rings. The van der Waals surface area contributed by atoms with E-state index in [2.05, 4.69) is 33.3 Å². The van der Waals surface area contributed by atoms with Gasteiger partial charge < -0.3 is 5.32 Å². The van der Waals surface area contributed by atoms with Crippen LogP contribution in [0.1, 0.15) is 11.3 Å². The average Bonchev–Trinajstić information content (AvgIpc) is 2.62. The van der Waals surface area contributed by atoms with E-state index in [1.807, 2.05) is 42.2 Å². The van der Waals surface area contributed by atoms with Gasteiger partial charge in [-0.15, -0.1) is 0 Å². The second kappa shape index (κ2) is 4.80. The standard InChI is InChI=1S/C12H14BrN3/c1-9-10(7-14-2)8-15-16(9)12-6-4-3-5-11(12)13/h3-6,8,14H,7H2,1-2H3. The number of rotatable bonds is 3. The number of nitrogens with one attached hydrogen (secondary N) is 1. The predicted octanol–water partition coefficient (Wildman–Crippen LogP) is 2.66. The summed E-state index contributed by atoms with van der Waals surface area (Å²) in [6, 6.07) is 8.08. The van der Waals surface area contributed by atoms with Crippen molar-refractivity contribution in [1.29, 1.82) is 0 Å².